The fourth-order valence-electron chi connectivity index (χ4n) is 5.48. The number of halogens is 1. The first kappa shape index (κ1) is 14.8. The molecule has 5 nitrogen and oxygen atoms in total. The van der Waals surface area contributed by atoms with E-state index in [0.717, 1.165) is 5.56 Å². The third-order valence-electron chi connectivity index (χ3n) is 6.27. The largest absolute Gasteiger partial charge is 0.347 e. The van der Waals surface area contributed by atoms with Gasteiger partial charge in [0.1, 0.15) is 0 Å². The monoisotopic (exact) mass is 361 g/mol. The Morgan fingerprint density at radius 3 is 2.04 bits per heavy atom. The van der Waals surface area contributed by atoms with Gasteiger partial charge in [-0.25, -0.2) is 23.5 Å². The van der Waals surface area contributed by atoms with Gasteiger partial charge in [0.05, 0.1) is 12.1 Å². The highest BCUT2D eigenvalue weighted by molar-refractivity contribution is 6.78. The Balaban J connectivity index is 1.84. The van der Waals surface area contributed by atoms with Gasteiger partial charge in [-0.2, -0.15) is 0 Å². The summed E-state index contributed by atoms with van der Waals surface area (Å²) in [5.74, 6) is 0.946. The number of benzene rings is 1. The maximum Gasteiger partial charge on any atom is 0.347 e. The zero-order valence-corrected chi connectivity index (χ0v) is 15.9. The predicted octanol–water partition coefficient (Wildman–Crippen LogP) is 2.46. The molecule has 0 N–H and O–H groups in total. The summed E-state index contributed by atoms with van der Waals surface area (Å²) >= 11 is 6.25. The molecule has 2 aliphatic heterocycles. The molecule has 0 amide bonds. The second-order valence-electron chi connectivity index (χ2n) is 8.52. The van der Waals surface area contributed by atoms with Gasteiger partial charge in [0, 0.05) is 20.1 Å². The zero-order chi connectivity index (χ0) is 17.1. The Kier molecular flexibility index (Phi) is 2.56. The van der Waals surface area contributed by atoms with Crippen LogP contribution in [0.2, 0.25) is 30.2 Å². The van der Waals surface area contributed by atoms with E-state index in [2.05, 4.69) is 25.7 Å². The number of hydrogen-bond acceptors (Lipinski definition) is 2. The lowest BCUT2D eigenvalue weighted by Crippen LogP contribution is -2.44. The highest BCUT2D eigenvalue weighted by Gasteiger charge is 2.69. The SMILES string of the molecule is Cn1c(=O)n2n(c1=O)C1c3cc(Cl)ccc3C2C2C1C2[Si](C)(C)C. The Morgan fingerprint density at radius 1 is 0.958 bits per heavy atom. The van der Waals surface area contributed by atoms with Gasteiger partial charge in [-0.3, -0.25) is 0 Å². The first-order valence-electron chi connectivity index (χ1n) is 8.43. The predicted molar refractivity (Wildman–Crippen MR) is 95.7 cm³/mol. The molecule has 24 heavy (non-hydrogen) atoms. The highest BCUT2D eigenvalue weighted by atomic mass is 35.5. The maximum atomic E-state index is 12.7. The summed E-state index contributed by atoms with van der Waals surface area (Å²) in [6.45, 7) is 7.18. The molecule has 6 rings (SSSR count). The van der Waals surface area contributed by atoms with E-state index in [0.29, 0.717) is 22.4 Å². The summed E-state index contributed by atoms with van der Waals surface area (Å²) < 4.78 is 4.68. The van der Waals surface area contributed by atoms with E-state index in [1.165, 1.54) is 10.1 Å². The fourth-order valence-corrected chi connectivity index (χ4v) is 8.67. The molecule has 1 saturated carbocycles. The van der Waals surface area contributed by atoms with Gasteiger partial charge in [-0.1, -0.05) is 37.3 Å². The summed E-state index contributed by atoms with van der Waals surface area (Å²) in [4.78, 5) is 25.4. The zero-order valence-electron chi connectivity index (χ0n) is 14.2. The van der Waals surface area contributed by atoms with Crippen LogP contribution in [0.3, 0.4) is 0 Å². The van der Waals surface area contributed by atoms with Gasteiger partial charge in [-0.05, 0) is 40.6 Å². The molecule has 5 atom stereocenters. The van der Waals surface area contributed by atoms with E-state index in [4.69, 9.17) is 11.6 Å². The van der Waals surface area contributed by atoms with Gasteiger partial charge >= 0.3 is 11.4 Å². The highest BCUT2D eigenvalue weighted by Crippen LogP contribution is 2.73. The van der Waals surface area contributed by atoms with Gasteiger partial charge in [0.15, 0.2) is 0 Å². The summed E-state index contributed by atoms with van der Waals surface area (Å²) in [6, 6.07) is 5.88. The average Bonchev–Trinajstić information content (AvgIpc) is 3.23. The number of nitrogens with zero attached hydrogens (tertiary/aromatic N) is 3. The summed E-state index contributed by atoms with van der Waals surface area (Å²) in [7, 11) is 0.192. The normalized spacial score (nSPS) is 32.3. The molecule has 2 aromatic rings. The van der Waals surface area contributed by atoms with Gasteiger partial charge in [-0.15, -0.1) is 0 Å². The minimum Gasteiger partial charge on any atom is -0.246 e. The van der Waals surface area contributed by atoms with Gasteiger partial charge in [0.2, 0.25) is 0 Å². The van der Waals surface area contributed by atoms with Crippen molar-refractivity contribution >= 4 is 19.7 Å². The molecular formula is C17H20ClN3O2Si. The molecule has 0 spiro atoms. The lowest BCUT2D eigenvalue weighted by Gasteiger charge is -2.39. The minimum absolute atomic E-state index is 0.0228. The van der Waals surface area contributed by atoms with E-state index in [9.17, 15) is 9.59 Å². The first-order valence-corrected chi connectivity index (χ1v) is 12.4. The van der Waals surface area contributed by atoms with Crippen LogP contribution in [0.5, 0.6) is 0 Å². The average molecular weight is 362 g/mol. The molecule has 2 aliphatic carbocycles. The van der Waals surface area contributed by atoms with Crippen molar-refractivity contribution in [2.24, 2.45) is 18.9 Å². The molecule has 1 aromatic heterocycles. The third kappa shape index (κ3) is 1.52. The van der Waals surface area contributed by atoms with Crippen LogP contribution < -0.4 is 11.4 Å². The van der Waals surface area contributed by atoms with Crippen molar-refractivity contribution in [2.75, 3.05) is 0 Å². The summed E-state index contributed by atoms with van der Waals surface area (Å²) in [6.07, 6.45) is 0. The third-order valence-corrected chi connectivity index (χ3v) is 9.28. The van der Waals surface area contributed by atoms with Crippen LogP contribution in [0.25, 0.3) is 0 Å². The quantitative estimate of drug-likeness (QED) is 0.732. The van der Waals surface area contributed by atoms with Crippen LogP contribution >= 0.6 is 11.6 Å². The molecule has 3 heterocycles. The van der Waals surface area contributed by atoms with E-state index < -0.39 is 8.07 Å². The fraction of sp³-hybridized carbons (Fsp3) is 0.529. The van der Waals surface area contributed by atoms with Crippen LogP contribution in [-0.4, -0.2) is 22.0 Å². The molecule has 1 fully saturated rings. The second kappa shape index (κ2) is 4.16. The van der Waals surface area contributed by atoms with E-state index in [1.54, 1.807) is 16.4 Å². The molecule has 126 valence electrons. The van der Waals surface area contributed by atoms with Crippen molar-refractivity contribution in [3.63, 3.8) is 0 Å². The van der Waals surface area contributed by atoms with Crippen LogP contribution in [0.1, 0.15) is 23.2 Å². The molecular weight excluding hydrogens is 342 g/mol. The van der Waals surface area contributed by atoms with E-state index in [1.807, 2.05) is 12.1 Å². The van der Waals surface area contributed by atoms with Crippen LogP contribution in [0, 0.1) is 11.8 Å². The molecule has 2 bridgehead atoms. The van der Waals surface area contributed by atoms with Gasteiger partial charge < -0.3 is 0 Å². The van der Waals surface area contributed by atoms with Crippen molar-refractivity contribution in [3.05, 3.63) is 55.3 Å². The van der Waals surface area contributed by atoms with Crippen molar-refractivity contribution < 1.29 is 0 Å². The van der Waals surface area contributed by atoms with Crippen molar-refractivity contribution in [1.82, 2.24) is 13.9 Å². The van der Waals surface area contributed by atoms with Crippen LogP contribution in [-0.2, 0) is 7.05 Å². The van der Waals surface area contributed by atoms with E-state index >= 15 is 0 Å². The standard InChI is InChI=1S/C17H20ClN3O2Si/c1-19-16(22)20-13-9-6-5-8(18)7-10(9)14(21(20)17(19)23)12-11(13)15(12)24(2,3)4/h5-7,11-15H,1-4H3. The molecule has 7 heteroatoms. The molecule has 0 saturated heterocycles. The smallest absolute Gasteiger partial charge is 0.246 e. The number of hydrogen-bond donors (Lipinski definition) is 0. The Morgan fingerprint density at radius 2 is 1.50 bits per heavy atom. The summed E-state index contributed by atoms with van der Waals surface area (Å²) in [5.41, 5.74) is 2.55. The van der Waals surface area contributed by atoms with Gasteiger partial charge in [0.25, 0.3) is 0 Å². The molecule has 4 aliphatic rings. The number of aromatic nitrogens is 3. The minimum atomic E-state index is -1.38. The molecule has 1 aromatic carbocycles. The first-order chi connectivity index (χ1) is 11.2. The van der Waals surface area contributed by atoms with Crippen molar-refractivity contribution in [1.29, 1.82) is 0 Å². The van der Waals surface area contributed by atoms with Crippen molar-refractivity contribution in [3.8, 4) is 0 Å². The van der Waals surface area contributed by atoms with Crippen LogP contribution in [0.4, 0.5) is 0 Å². The maximum absolute atomic E-state index is 12.7. The Labute approximate surface area is 145 Å². The topological polar surface area (TPSA) is 48.9 Å². The number of rotatable bonds is 1. The molecule has 0 radical (unpaired) electrons. The van der Waals surface area contributed by atoms with Crippen LogP contribution in [0.15, 0.2) is 27.8 Å². The summed E-state index contributed by atoms with van der Waals surface area (Å²) in [5, 5.41) is 0.695. The Hall–Kier alpha value is -1.53. The Bertz CT molecular complexity index is 1010. The second-order valence-corrected chi connectivity index (χ2v) is 14.4. The van der Waals surface area contributed by atoms with Crippen molar-refractivity contribution in [2.45, 2.75) is 37.3 Å². The van der Waals surface area contributed by atoms with E-state index in [-0.39, 0.29) is 23.5 Å². The lowest BCUT2D eigenvalue weighted by atomic mass is 9.82. The lowest BCUT2D eigenvalue weighted by molar-refractivity contribution is 0.224. The molecule has 5 unspecified atom stereocenters.